The monoisotopic (exact) mass is 364 g/mol. The van der Waals surface area contributed by atoms with Gasteiger partial charge in [-0.25, -0.2) is 4.39 Å². The van der Waals surface area contributed by atoms with Gasteiger partial charge in [0.1, 0.15) is 11.4 Å². The molecule has 142 valence electrons. The van der Waals surface area contributed by atoms with Gasteiger partial charge in [-0.15, -0.1) is 0 Å². The van der Waals surface area contributed by atoms with E-state index in [2.05, 4.69) is 0 Å². The molecule has 0 aliphatic carbocycles. The van der Waals surface area contributed by atoms with Gasteiger partial charge in [-0.05, 0) is 38.2 Å². The number of rotatable bonds is 4. The molecule has 1 aromatic rings. The van der Waals surface area contributed by atoms with E-state index in [0.717, 1.165) is 6.42 Å². The van der Waals surface area contributed by atoms with E-state index in [0.29, 0.717) is 37.3 Å². The molecule has 6 nitrogen and oxygen atoms in total. The maximum atomic E-state index is 14.6. The average molecular weight is 364 g/mol. The summed E-state index contributed by atoms with van der Waals surface area (Å²) in [7, 11) is -0.609. The van der Waals surface area contributed by atoms with Crippen LogP contribution in [0.2, 0.25) is 0 Å². The Morgan fingerprint density at radius 3 is 2.58 bits per heavy atom. The summed E-state index contributed by atoms with van der Waals surface area (Å²) in [4.78, 5) is 13.1. The summed E-state index contributed by atoms with van der Waals surface area (Å²) in [6.45, 7) is 8.81. The number of hydrogen-bond donors (Lipinski definition) is 0. The van der Waals surface area contributed by atoms with Crippen molar-refractivity contribution in [3.8, 4) is 0 Å². The van der Waals surface area contributed by atoms with Crippen LogP contribution in [0.1, 0.15) is 40.5 Å². The van der Waals surface area contributed by atoms with Gasteiger partial charge in [0.2, 0.25) is 0 Å². The Balaban J connectivity index is 1.90. The maximum Gasteiger partial charge on any atom is 0.494 e. The molecule has 3 rings (SSSR count). The first kappa shape index (κ1) is 19.1. The number of alkyl halides is 1. The van der Waals surface area contributed by atoms with Crippen LogP contribution in [0.3, 0.4) is 0 Å². The van der Waals surface area contributed by atoms with Crippen molar-refractivity contribution < 1.29 is 18.6 Å². The summed E-state index contributed by atoms with van der Waals surface area (Å²) in [5, 5.41) is 11.7. The van der Waals surface area contributed by atoms with Crippen molar-refractivity contribution in [2.75, 3.05) is 24.7 Å². The standard InChI is InChI=1S/C18H26BFN2O4/c1-17(2)11-25-19(26-12-17)13-7-8-14(15(10-13)22(23)24)21-9-5-6-16(21)18(3,4)20/h7-8,10,16H,5-6,9,11-12H2,1-4H3/t16-/m0/s1. The Kier molecular flexibility index (Phi) is 5.01. The van der Waals surface area contributed by atoms with Crippen molar-refractivity contribution in [1.29, 1.82) is 0 Å². The SMILES string of the molecule is CC1(C)COB(c2ccc(N3CCC[C@H]3C(C)(C)F)c([N+](=O)[O-])c2)OC1. The number of anilines is 1. The van der Waals surface area contributed by atoms with Crippen LogP contribution in [0, 0.1) is 15.5 Å². The third kappa shape index (κ3) is 3.86. The lowest BCUT2D eigenvalue weighted by molar-refractivity contribution is -0.384. The Labute approximate surface area is 153 Å². The fraction of sp³-hybridized carbons (Fsp3) is 0.667. The van der Waals surface area contributed by atoms with E-state index in [1.165, 1.54) is 19.9 Å². The third-order valence-electron chi connectivity index (χ3n) is 5.07. The molecule has 1 aromatic carbocycles. The summed E-state index contributed by atoms with van der Waals surface area (Å²) in [6, 6.07) is 4.62. The molecule has 0 spiro atoms. The highest BCUT2D eigenvalue weighted by Crippen LogP contribution is 2.38. The summed E-state index contributed by atoms with van der Waals surface area (Å²) < 4.78 is 26.0. The number of halogens is 1. The van der Waals surface area contributed by atoms with Crippen LogP contribution in [0.5, 0.6) is 0 Å². The van der Waals surface area contributed by atoms with E-state index >= 15 is 0 Å². The van der Waals surface area contributed by atoms with Gasteiger partial charge in [-0.1, -0.05) is 19.9 Å². The smallest absolute Gasteiger partial charge is 0.407 e. The van der Waals surface area contributed by atoms with Crippen molar-refractivity contribution in [1.82, 2.24) is 0 Å². The number of hydrogen-bond acceptors (Lipinski definition) is 5. The lowest BCUT2D eigenvalue weighted by Gasteiger charge is -2.34. The quantitative estimate of drug-likeness (QED) is 0.467. The average Bonchev–Trinajstić information content (AvgIpc) is 3.04. The van der Waals surface area contributed by atoms with Crippen LogP contribution >= 0.6 is 0 Å². The predicted molar refractivity (Wildman–Crippen MR) is 99.7 cm³/mol. The van der Waals surface area contributed by atoms with Crippen LogP contribution in [0.25, 0.3) is 0 Å². The lowest BCUT2D eigenvalue weighted by atomic mass is 9.75. The molecule has 8 heteroatoms. The second kappa shape index (κ2) is 6.81. The molecule has 2 aliphatic rings. The zero-order chi connectivity index (χ0) is 19.1. The molecule has 2 aliphatic heterocycles. The minimum absolute atomic E-state index is 0.0318. The van der Waals surface area contributed by atoms with Crippen LogP contribution in [-0.2, 0) is 9.31 Å². The zero-order valence-corrected chi connectivity index (χ0v) is 15.8. The number of nitro benzene ring substituents is 1. The van der Waals surface area contributed by atoms with Crippen molar-refractivity contribution in [3.05, 3.63) is 28.3 Å². The molecule has 1 atom stereocenters. The Morgan fingerprint density at radius 2 is 2.00 bits per heavy atom. The van der Waals surface area contributed by atoms with Gasteiger partial charge in [0.25, 0.3) is 5.69 Å². The first-order valence-electron chi connectivity index (χ1n) is 9.06. The molecular weight excluding hydrogens is 338 g/mol. The predicted octanol–water partition coefficient (Wildman–Crippen LogP) is 3.08. The molecular formula is C18H26BFN2O4. The first-order valence-corrected chi connectivity index (χ1v) is 9.06. The van der Waals surface area contributed by atoms with Gasteiger partial charge in [0.15, 0.2) is 0 Å². The molecule has 0 bridgehead atoms. The highest BCUT2D eigenvalue weighted by molar-refractivity contribution is 6.61. The Bertz CT molecular complexity index is 682. The summed E-state index contributed by atoms with van der Waals surface area (Å²) in [5.41, 5.74) is -0.452. The zero-order valence-electron chi connectivity index (χ0n) is 15.8. The topological polar surface area (TPSA) is 64.8 Å². The molecule has 0 saturated carbocycles. The minimum atomic E-state index is -1.43. The van der Waals surface area contributed by atoms with Crippen LogP contribution in [0.15, 0.2) is 18.2 Å². The van der Waals surface area contributed by atoms with Gasteiger partial charge in [0.05, 0.1) is 11.0 Å². The summed E-state index contributed by atoms with van der Waals surface area (Å²) in [5.74, 6) is 0. The van der Waals surface area contributed by atoms with E-state index in [4.69, 9.17) is 9.31 Å². The minimum Gasteiger partial charge on any atom is -0.407 e. The van der Waals surface area contributed by atoms with Gasteiger partial charge in [0, 0.05) is 31.2 Å². The van der Waals surface area contributed by atoms with E-state index < -0.39 is 17.7 Å². The highest BCUT2D eigenvalue weighted by Gasteiger charge is 2.41. The van der Waals surface area contributed by atoms with E-state index in [-0.39, 0.29) is 17.1 Å². The fourth-order valence-electron chi connectivity index (χ4n) is 3.73. The number of nitro groups is 1. The van der Waals surface area contributed by atoms with Crippen LogP contribution in [0.4, 0.5) is 15.8 Å². The van der Waals surface area contributed by atoms with Gasteiger partial charge >= 0.3 is 7.12 Å². The van der Waals surface area contributed by atoms with Crippen molar-refractivity contribution in [2.24, 2.45) is 5.41 Å². The second-order valence-corrected chi connectivity index (χ2v) is 8.54. The number of nitrogens with zero attached hydrogens (tertiary/aromatic N) is 2. The van der Waals surface area contributed by atoms with Crippen molar-refractivity contribution in [3.63, 3.8) is 0 Å². The second-order valence-electron chi connectivity index (χ2n) is 8.54. The van der Waals surface area contributed by atoms with E-state index in [9.17, 15) is 14.5 Å². The first-order chi connectivity index (χ1) is 12.1. The molecule has 0 N–H and O–H groups in total. The van der Waals surface area contributed by atoms with Crippen LogP contribution < -0.4 is 10.4 Å². The van der Waals surface area contributed by atoms with E-state index in [1.807, 2.05) is 18.7 Å². The van der Waals surface area contributed by atoms with Crippen molar-refractivity contribution >= 4 is 24.0 Å². The molecule has 2 heterocycles. The Hall–Kier alpha value is -1.67. The molecule has 2 saturated heterocycles. The molecule has 0 aromatic heterocycles. The van der Waals surface area contributed by atoms with Gasteiger partial charge in [-0.2, -0.15) is 0 Å². The van der Waals surface area contributed by atoms with Crippen LogP contribution in [-0.4, -0.2) is 43.5 Å². The molecule has 26 heavy (non-hydrogen) atoms. The molecule has 0 unspecified atom stereocenters. The normalized spacial score (nSPS) is 23.3. The van der Waals surface area contributed by atoms with Gasteiger partial charge < -0.3 is 14.2 Å². The van der Waals surface area contributed by atoms with E-state index in [1.54, 1.807) is 12.1 Å². The number of benzene rings is 1. The fourth-order valence-corrected chi connectivity index (χ4v) is 3.73. The molecule has 0 amide bonds. The summed E-state index contributed by atoms with van der Waals surface area (Å²) >= 11 is 0. The molecule has 2 fully saturated rings. The van der Waals surface area contributed by atoms with Crippen molar-refractivity contribution in [2.45, 2.75) is 52.2 Å². The summed E-state index contributed by atoms with van der Waals surface area (Å²) in [6.07, 6.45) is 1.51. The Morgan fingerprint density at radius 1 is 1.35 bits per heavy atom. The largest absolute Gasteiger partial charge is 0.494 e. The lowest BCUT2D eigenvalue weighted by Crippen LogP contribution is -2.47. The maximum absolute atomic E-state index is 14.6. The van der Waals surface area contributed by atoms with Gasteiger partial charge in [-0.3, -0.25) is 10.1 Å². The third-order valence-corrected chi connectivity index (χ3v) is 5.07. The highest BCUT2D eigenvalue weighted by atomic mass is 19.1. The molecule has 0 radical (unpaired) electrons.